The summed E-state index contributed by atoms with van der Waals surface area (Å²) < 4.78 is 10.6. The largest absolute Gasteiger partial charge is 0.444 e. The normalized spacial score (nSPS) is 11.8. The zero-order valence-electron chi connectivity index (χ0n) is 18.6. The maximum atomic E-state index is 11.6. The number of carbonyl (C=O) groups is 1. The summed E-state index contributed by atoms with van der Waals surface area (Å²) in [6.07, 6.45) is 2.46. The number of rotatable bonds is 10. The van der Waals surface area contributed by atoms with E-state index >= 15 is 0 Å². The van der Waals surface area contributed by atoms with Crippen LogP contribution in [-0.2, 0) is 11.3 Å². The fourth-order valence-electron chi connectivity index (χ4n) is 2.60. The van der Waals surface area contributed by atoms with Crippen molar-refractivity contribution in [2.45, 2.75) is 78.9 Å². The molecule has 3 N–H and O–H groups in total. The van der Waals surface area contributed by atoms with Crippen molar-refractivity contribution in [1.29, 1.82) is 0 Å². The average Bonchev–Trinajstić information content (AvgIpc) is 3.07. The van der Waals surface area contributed by atoms with Crippen LogP contribution in [-0.4, -0.2) is 42.4 Å². The highest BCUT2D eigenvalue weighted by molar-refractivity contribution is 14.0. The van der Waals surface area contributed by atoms with E-state index in [4.69, 9.17) is 9.26 Å². The van der Waals surface area contributed by atoms with E-state index in [2.05, 4.69) is 39.9 Å². The SMILES string of the molecule is CCNC(=NCc1cc(C(CC)CC)no1)NCCCNC(=O)OC(C)(C)C.I. The number of nitrogens with one attached hydrogen (secondary N) is 3. The molecule has 0 fully saturated rings. The van der Waals surface area contributed by atoms with Crippen molar-refractivity contribution in [3.63, 3.8) is 0 Å². The molecular formula is C20H38IN5O3. The van der Waals surface area contributed by atoms with E-state index in [1.165, 1.54) is 0 Å². The predicted molar refractivity (Wildman–Crippen MR) is 127 cm³/mol. The van der Waals surface area contributed by atoms with Gasteiger partial charge in [0.05, 0.1) is 5.69 Å². The number of hydrogen-bond acceptors (Lipinski definition) is 5. The third kappa shape index (κ3) is 11.9. The Kier molecular flexibility index (Phi) is 13.7. The van der Waals surface area contributed by atoms with Gasteiger partial charge >= 0.3 is 6.09 Å². The smallest absolute Gasteiger partial charge is 0.407 e. The van der Waals surface area contributed by atoms with Crippen LogP contribution in [0.1, 0.15) is 78.2 Å². The number of carbonyl (C=O) groups excluding carboxylic acids is 1. The second-order valence-corrected chi connectivity index (χ2v) is 7.64. The second kappa shape index (κ2) is 14.5. The molecule has 1 heterocycles. The minimum Gasteiger partial charge on any atom is -0.444 e. The van der Waals surface area contributed by atoms with Gasteiger partial charge in [-0.3, -0.25) is 0 Å². The fourth-order valence-corrected chi connectivity index (χ4v) is 2.60. The van der Waals surface area contributed by atoms with Crippen molar-refractivity contribution in [3.8, 4) is 0 Å². The molecule has 0 aromatic carbocycles. The Labute approximate surface area is 192 Å². The summed E-state index contributed by atoms with van der Waals surface area (Å²) >= 11 is 0. The summed E-state index contributed by atoms with van der Waals surface area (Å²) in [5.41, 5.74) is 0.517. The number of ether oxygens (including phenoxy) is 1. The molecule has 0 aliphatic heterocycles. The molecule has 168 valence electrons. The van der Waals surface area contributed by atoms with E-state index in [-0.39, 0.29) is 24.0 Å². The number of halogens is 1. The molecule has 0 radical (unpaired) electrons. The Balaban J connectivity index is 0.00000784. The van der Waals surface area contributed by atoms with Crippen LogP contribution in [0.2, 0.25) is 0 Å². The second-order valence-electron chi connectivity index (χ2n) is 7.64. The van der Waals surface area contributed by atoms with Gasteiger partial charge < -0.3 is 25.2 Å². The van der Waals surface area contributed by atoms with Crippen LogP contribution < -0.4 is 16.0 Å². The Hall–Kier alpha value is -1.52. The van der Waals surface area contributed by atoms with E-state index in [1.54, 1.807) is 0 Å². The van der Waals surface area contributed by atoms with E-state index < -0.39 is 11.7 Å². The zero-order chi connectivity index (χ0) is 21.0. The van der Waals surface area contributed by atoms with Gasteiger partial charge in [-0.05, 0) is 47.0 Å². The van der Waals surface area contributed by atoms with E-state index in [0.29, 0.717) is 31.5 Å². The molecule has 1 rings (SSSR count). The molecule has 8 nitrogen and oxygen atoms in total. The summed E-state index contributed by atoms with van der Waals surface area (Å²) in [5, 5.41) is 13.4. The van der Waals surface area contributed by atoms with Crippen LogP contribution in [0.3, 0.4) is 0 Å². The summed E-state index contributed by atoms with van der Waals surface area (Å²) in [6.45, 7) is 14.3. The molecule has 0 bridgehead atoms. The highest BCUT2D eigenvalue weighted by Gasteiger charge is 2.15. The molecule has 0 aliphatic rings. The Bertz CT molecular complexity index is 610. The van der Waals surface area contributed by atoms with Crippen molar-refractivity contribution in [2.75, 3.05) is 19.6 Å². The highest BCUT2D eigenvalue weighted by Crippen LogP contribution is 2.22. The standard InChI is InChI=1S/C20H37N5O3.HI/c1-7-15(8-2)17-13-16(28-25-17)14-24-18(21-9-3)22-11-10-12-23-19(26)27-20(4,5)6;/h13,15H,7-12,14H2,1-6H3,(H,23,26)(H2,21,22,24);1H. The van der Waals surface area contributed by atoms with Crippen LogP contribution in [0, 0.1) is 0 Å². The number of alkyl carbamates (subject to hydrolysis) is 1. The first kappa shape index (κ1) is 27.5. The predicted octanol–water partition coefficient (Wildman–Crippen LogP) is 4.17. The third-order valence-electron chi connectivity index (χ3n) is 4.03. The Morgan fingerprint density at radius 1 is 1.17 bits per heavy atom. The van der Waals surface area contributed by atoms with Crippen molar-refractivity contribution in [3.05, 3.63) is 17.5 Å². The van der Waals surface area contributed by atoms with E-state index in [9.17, 15) is 4.79 Å². The van der Waals surface area contributed by atoms with Crippen LogP contribution >= 0.6 is 24.0 Å². The number of hydrogen-bond donors (Lipinski definition) is 3. The summed E-state index contributed by atoms with van der Waals surface area (Å²) in [7, 11) is 0. The summed E-state index contributed by atoms with van der Waals surface area (Å²) in [6, 6.07) is 2.00. The van der Waals surface area contributed by atoms with Gasteiger partial charge in [0.25, 0.3) is 0 Å². The molecule has 1 aromatic heterocycles. The van der Waals surface area contributed by atoms with Crippen LogP contribution in [0.15, 0.2) is 15.6 Å². The van der Waals surface area contributed by atoms with Gasteiger partial charge in [0.15, 0.2) is 11.7 Å². The quantitative estimate of drug-likeness (QED) is 0.184. The Morgan fingerprint density at radius 2 is 1.83 bits per heavy atom. The fraction of sp³-hybridized carbons (Fsp3) is 0.750. The maximum absolute atomic E-state index is 11.6. The maximum Gasteiger partial charge on any atom is 0.407 e. The van der Waals surface area contributed by atoms with Gasteiger partial charge in [-0.2, -0.15) is 0 Å². The van der Waals surface area contributed by atoms with Crippen molar-refractivity contribution in [2.24, 2.45) is 4.99 Å². The molecule has 9 heteroatoms. The lowest BCUT2D eigenvalue weighted by molar-refractivity contribution is 0.0527. The zero-order valence-corrected chi connectivity index (χ0v) is 21.0. The lowest BCUT2D eigenvalue weighted by Crippen LogP contribution is -2.39. The molecular weight excluding hydrogens is 485 g/mol. The van der Waals surface area contributed by atoms with E-state index in [1.807, 2.05) is 33.8 Å². The first-order chi connectivity index (χ1) is 13.3. The highest BCUT2D eigenvalue weighted by atomic mass is 127. The van der Waals surface area contributed by atoms with Gasteiger partial charge in [-0.15, -0.1) is 24.0 Å². The molecule has 1 aromatic rings. The third-order valence-corrected chi connectivity index (χ3v) is 4.03. The molecule has 0 saturated carbocycles. The first-order valence-electron chi connectivity index (χ1n) is 10.2. The van der Waals surface area contributed by atoms with Gasteiger partial charge in [-0.25, -0.2) is 9.79 Å². The lowest BCUT2D eigenvalue weighted by Gasteiger charge is -2.19. The van der Waals surface area contributed by atoms with Crippen molar-refractivity contribution in [1.82, 2.24) is 21.1 Å². The number of nitrogens with zero attached hydrogens (tertiary/aromatic N) is 2. The van der Waals surface area contributed by atoms with Crippen LogP contribution in [0.5, 0.6) is 0 Å². The number of guanidine groups is 1. The Morgan fingerprint density at radius 3 is 2.41 bits per heavy atom. The number of aromatic nitrogens is 1. The molecule has 0 aliphatic carbocycles. The number of amides is 1. The van der Waals surface area contributed by atoms with Crippen LogP contribution in [0.25, 0.3) is 0 Å². The lowest BCUT2D eigenvalue weighted by atomic mass is 9.99. The van der Waals surface area contributed by atoms with Gasteiger partial charge in [-0.1, -0.05) is 19.0 Å². The molecule has 0 saturated heterocycles. The van der Waals surface area contributed by atoms with Crippen molar-refractivity contribution >= 4 is 36.0 Å². The molecule has 1 amide bonds. The summed E-state index contributed by atoms with van der Waals surface area (Å²) in [5.74, 6) is 1.90. The monoisotopic (exact) mass is 523 g/mol. The van der Waals surface area contributed by atoms with Gasteiger partial charge in [0.1, 0.15) is 12.1 Å². The van der Waals surface area contributed by atoms with Crippen molar-refractivity contribution < 1.29 is 14.1 Å². The molecule has 0 unspecified atom stereocenters. The topological polar surface area (TPSA) is 101 Å². The average molecular weight is 523 g/mol. The van der Waals surface area contributed by atoms with E-state index in [0.717, 1.165) is 37.3 Å². The summed E-state index contributed by atoms with van der Waals surface area (Å²) in [4.78, 5) is 16.1. The molecule has 29 heavy (non-hydrogen) atoms. The van der Waals surface area contributed by atoms with Gasteiger partial charge in [0.2, 0.25) is 0 Å². The molecule has 0 spiro atoms. The minimum atomic E-state index is -0.484. The van der Waals surface area contributed by atoms with Gasteiger partial charge in [0, 0.05) is 31.6 Å². The van der Waals surface area contributed by atoms with Crippen LogP contribution in [0.4, 0.5) is 4.79 Å². The minimum absolute atomic E-state index is 0. The first-order valence-corrected chi connectivity index (χ1v) is 10.2. The number of aliphatic imine (C=N–C) groups is 1. The molecule has 0 atom stereocenters.